The Morgan fingerprint density at radius 3 is 2.56 bits per heavy atom. The van der Waals surface area contributed by atoms with Crippen LogP contribution in [0.1, 0.15) is 25.1 Å². The summed E-state index contributed by atoms with van der Waals surface area (Å²) in [6.07, 6.45) is 0.929. The van der Waals surface area contributed by atoms with E-state index in [0.717, 1.165) is 23.9 Å². The molecule has 3 aromatic rings. The summed E-state index contributed by atoms with van der Waals surface area (Å²) in [6, 6.07) is 11.3. The van der Waals surface area contributed by atoms with Crippen molar-refractivity contribution in [3.05, 3.63) is 70.7 Å². The van der Waals surface area contributed by atoms with Crippen LogP contribution in [0, 0.1) is 11.6 Å². The van der Waals surface area contributed by atoms with E-state index < -0.39 is 11.6 Å². The molecule has 0 aliphatic carbocycles. The summed E-state index contributed by atoms with van der Waals surface area (Å²) < 4.78 is 26.7. The maximum atomic E-state index is 13.7. The minimum atomic E-state index is -0.598. The molecule has 1 aromatic heterocycles. The summed E-state index contributed by atoms with van der Waals surface area (Å²) in [5.41, 5.74) is 2.69. The van der Waals surface area contributed by atoms with Crippen LogP contribution >= 0.6 is 23.1 Å². The van der Waals surface area contributed by atoms with E-state index >= 15 is 0 Å². The van der Waals surface area contributed by atoms with Gasteiger partial charge in [0.15, 0.2) is 5.13 Å². The van der Waals surface area contributed by atoms with Crippen molar-refractivity contribution in [1.82, 2.24) is 4.98 Å². The summed E-state index contributed by atoms with van der Waals surface area (Å²) >= 11 is 2.60. The second-order valence-corrected chi connectivity index (χ2v) is 7.71. The van der Waals surface area contributed by atoms with Gasteiger partial charge in [0, 0.05) is 29.0 Å². The number of carbonyl (C=O) groups is 1. The lowest BCUT2D eigenvalue weighted by Gasteiger charge is -2.18. The number of halogens is 2. The maximum Gasteiger partial charge on any atom is 0.230 e. The van der Waals surface area contributed by atoms with Crippen LogP contribution < -0.4 is 4.90 Å². The fraction of sp³-hybridized carbons (Fsp3) is 0.200. The van der Waals surface area contributed by atoms with Gasteiger partial charge in [-0.3, -0.25) is 9.69 Å². The van der Waals surface area contributed by atoms with Crippen LogP contribution in [-0.4, -0.2) is 10.9 Å². The Labute approximate surface area is 165 Å². The van der Waals surface area contributed by atoms with E-state index in [0.29, 0.717) is 15.8 Å². The van der Waals surface area contributed by atoms with Crippen LogP contribution in [-0.2, 0) is 17.0 Å². The van der Waals surface area contributed by atoms with Gasteiger partial charge in [-0.25, -0.2) is 13.8 Å². The van der Waals surface area contributed by atoms with Gasteiger partial charge >= 0.3 is 0 Å². The number of hydrogen-bond donors (Lipinski definition) is 0. The number of anilines is 2. The van der Waals surface area contributed by atoms with Crippen molar-refractivity contribution in [3.8, 4) is 0 Å². The van der Waals surface area contributed by atoms with E-state index in [1.807, 2.05) is 29.6 Å². The van der Waals surface area contributed by atoms with Crippen molar-refractivity contribution in [3.63, 3.8) is 0 Å². The van der Waals surface area contributed by atoms with E-state index in [2.05, 4.69) is 11.9 Å². The highest BCUT2D eigenvalue weighted by molar-refractivity contribution is 7.98. The van der Waals surface area contributed by atoms with Crippen LogP contribution in [0.3, 0.4) is 0 Å². The van der Waals surface area contributed by atoms with Gasteiger partial charge in [0.2, 0.25) is 5.91 Å². The molecule has 0 saturated heterocycles. The normalized spacial score (nSPS) is 10.8. The van der Waals surface area contributed by atoms with Gasteiger partial charge < -0.3 is 0 Å². The minimum Gasteiger partial charge on any atom is -0.274 e. The smallest absolute Gasteiger partial charge is 0.230 e. The van der Waals surface area contributed by atoms with Crippen molar-refractivity contribution < 1.29 is 13.6 Å². The fourth-order valence-electron chi connectivity index (χ4n) is 2.52. The number of thiazole rings is 1. The molecule has 0 N–H and O–H groups in total. The molecule has 0 radical (unpaired) electrons. The van der Waals surface area contributed by atoms with Gasteiger partial charge in [-0.05, 0) is 36.2 Å². The Morgan fingerprint density at radius 2 is 1.93 bits per heavy atom. The molecular formula is C20H18F2N2OS2. The number of aromatic nitrogens is 1. The standard InChI is InChI=1S/C20H18F2N2OS2/c1-3-14-4-7-17(8-5-14)24(13(2)25)20-23-16(12-27-20)11-26-19-9-6-15(21)10-18(19)22/h4-10,12H,3,11H2,1-2H3. The van der Waals surface area contributed by atoms with Crippen molar-refractivity contribution >= 4 is 39.8 Å². The number of amides is 1. The largest absolute Gasteiger partial charge is 0.274 e. The molecule has 0 saturated carbocycles. The molecule has 1 amide bonds. The van der Waals surface area contributed by atoms with Crippen molar-refractivity contribution in [2.24, 2.45) is 0 Å². The Bertz CT molecular complexity index is 941. The topological polar surface area (TPSA) is 33.2 Å². The number of hydrogen-bond acceptors (Lipinski definition) is 4. The first-order valence-corrected chi connectivity index (χ1v) is 10.3. The van der Waals surface area contributed by atoms with E-state index in [9.17, 15) is 13.6 Å². The summed E-state index contributed by atoms with van der Waals surface area (Å²) in [7, 11) is 0. The molecule has 0 aliphatic heterocycles. The average Bonchev–Trinajstić information content (AvgIpc) is 3.10. The third-order valence-electron chi connectivity index (χ3n) is 3.92. The van der Waals surface area contributed by atoms with Crippen molar-refractivity contribution in [1.29, 1.82) is 0 Å². The fourth-order valence-corrected chi connectivity index (χ4v) is 4.32. The molecule has 0 spiro atoms. The third kappa shape index (κ3) is 4.73. The summed E-state index contributed by atoms with van der Waals surface area (Å²) in [4.78, 5) is 18.6. The Morgan fingerprint density at radius 1 is 1.19 bits per heavy atom. The minimum absolute atomic E-state index is 0.127. The number of aryl methyl sites for hydroxylation is 1. The molecular weight excluding hydrogens is 386 g/mol. The van der Waals surface area contributed by atoms with Gasteiger partial charge in [-0.2, -0.15) is 0 Å². The lowest BCUT2D eigenvalue weighted by atomic mass is 10.1. The van der Waals surface area contributed by atoms with Crippen LogP contribution in [0.15, 0.2) is 52.7 Å². The molecule has 140 valence electrons. The summed E-state index contributed by atoms with van der Waals surface area (Å²) in [5, 5.41) is 2.42. The van der Waals surface area contributed by atoms with Crippen molar-refractivity contribution in [2.75, 3.05) is 4.90 Å². The zero-order chi connectivity index (χ0) is 19.4. The summed E-state index contributed by atoms with van der Waals surface area (Å²) in [5.74, 6) is -0.882. The van der Waals surface area contributed by atoms with Crippen LogP contribution in [0.4, 0.5) is 19.6 Å². The molecule has 3 nitrogen and oxygen atoms in total. The lowest BCUT2D eigenvalue weighted by Crippen LogP contribution is -2.22. The van der Waals surface area contributed by atoms with E-state index in [1.165, 1.54) is 47.7 Å². The number of nitrogens with zero attached hydrogens (tertiary/aromatic N) is 2. The van der Waals surface area contributed by atoms with Gasteiger partial charge in [0.1, 0.15) is 11.6 Å². The molecule has 1 heterocycles. The Hall–Kier alpha value is -2.25. The predicted molar refractivity (Wildman–Crippen MR) is 107 cm³/mol. The predicted octanol–water partition coefficient (Wildman–Crippen LogP) is 5.96. The SMILES string of the molecule is CCc1ccc(N(C(C)=O)c2nc(CSc3ccc(F)cc3F)cs2)cc1. The molecule has 27 heavy (non-hydrogen) atoms. The highest BCUT2D eigenvalue weighted by atomic mass is 32.2. The van der Waals surface area contributed by atoms with Gasteiger partial charge in [-0.15, -0.1) is 23.1 Å². The van der Waals surface area contributed by atoms with E-state index in [4.69, 9.17) is 0 Å². The average molecular weight is 405 g/mol. The zero-order valence-corrected chi connectivity index (χ0v) is 16.5. The van der Waals surface area contributed by atoms with Crippen LogP contribution in [0.25, 0.3) is 0 Å². The first-order chi connectivity index (χ1) is 13.0. The van der Waals surface area contributed by atoms with E-state index in [1.54, 1.807) is 4.90 Å². The highest BCUT2D eigenvalue weighted by Crippen LogP contribution is 2.32. The van der Waals surface area contributed by atoms with Gasteiger partial charge in [0.25, 0.3) is 0 Å². The van der Waals surface area contributed by atoms with Crippen molar-refractivity contribution in [2.45, 2.75) is 30.9 Å². The second kappa shape index (κ2) is 8.63. The number of benzene rings is 2. The van der Waals surface area contributed by atoms with E-state index in [-0.39, 0.29) is 5.91 Å². The molecule has 0 atom stereocenters. The number of carbonyl (C=O) groups excluding carboxylic acids is 1. The first kappa shape index (κ1) is 19.5. The summed E-state index contributed by atoms with van der Waals surface area (Å²) in [6.45, 7) is 3.57. The Balaban J connectivity index is 1.76. The lowest BCUT2D eigenvalue weighted by molar-refractivity contribution is -0.115. The molecule has 0 aliphatic rings. The molecule has 7 heteroatoms. The first-order valence-electron chi connectivity index (χ1n) is 8.40. The van der Waals surface area contributed by atoms with Crippen LogP contribution in [0.2, 0.25) is 0 Å². The zero-order valence-electron chi connectivity index (χ0n) is 14.9. The quantitative estimate of drug-likeness (QED) is 0.475. The van der Waals surface area contributed by atoms with Gasteiger partial charge in [-0.1, -0.05) is 19.1 Å². The third-order valence-corrected chi connectivity index (χ3v) is 5.87. The highest BCUT2D eigenvalue weighted by Gasteiger charge is 2.18. The second-order valence-electron chi connectivity index (χ2n) is 5.86. The van der Waals surface area contributed by atoms with Crippen LogP contribution in [0.5, 0.6) is 0 Å². The number of rotatable bonds is 6. The molecule has 0 unspecified atom stereocenters. The number of thioether (sulfide) groups is 1. The van der Waals surface area contributed by atoms with Gasteiger partial charge in [0.05, 0.1) is 11.4 Å². The Kier molecular flexibility index (Phi) is 6.23. The monoisotopic (exact) mass is 404 g/mol. The maximum absolute atomic E-state index is 13.7. The molecule has 0 bridgehead atoms. The molecule has 2 aromatic carbocycles. The molecule has 3 rings (SSSR count). The molecule has 0 fully saturated rings.